The topological polar surface area (TPSA) is 37.3 Å². The van der Waals surface area contributed by atoms with Crippen LogP contribution in [0.1, 0.15) is 56.2 Å². The van der Waals surface area contributed by atoms with Gasteiger partial charge in [0.25, 0.3) is 0 Å². The van der Waals surface area contributed by atoms with Gasteiger partial charge in [-0.25, -0.2) is 0 Å². The maximum atomic E-state index is 10.3. The molecule has 18 heavy (non-hydrogen) atoms. The van der Waals surface area contributed by atoms with Gasteiger partial charge in [-0.05, 0) is 36.8 Å². The number of allylic oxidation sites excluding steroid dienone is 1. The van der Waals surface area contributed by atoms with E-state index in [-0.39, 0.29) is 0 Å². The fourth-order valence-corrected chi connectivity index (χ4v) is 2.48. The summed E-state index contributed by atoms with van der Waals surface area (Å²) < 4.78 is 0. The van der Waals surface area contributed by atoms with Crippen LogP contribution in [0.15, 0.2) is 23.6 Å². The van der Waals surface area contributed by atoms with Crippen molar-refractivity contribution >= 4 is 23.4 Å². The zero-order valence-corrected chi connectivity index (χ0v) is 11.6. The van der Waals surface area contributed by atoms with Crippen molar-refractivity contribution in [2.24, 2.45) is 0 Å². The lowest BCUT2D eigenvalue weighted by Gasteiger charge is -1.99. The molecule has 0 aromatic carbocycles. The van der Waals surface area contributed by atoms with Crippen LogP contribution in [-0.4, -0.2) is 11.1 Å². The first kappa shape index (κ1) is 15.0. The maximum absolute atomic E-state index is 10.3. The number of carbonyl (C=O) groups is 1. The van der Waals surface area contributed by atoms with Crippen LogP contribution in [0.2, 0.25) is 0 Å². The van der Waals surface area contributed by atoms with Crippen molar-refractivity contribution in [1.82, 2.24) is 0 Å². The largest absolute Gasteiger partial charge is 0.481 e. The summed E-state index contributed by atoms with van der Waals surface area (Å²) in [5, 5.41) is 10.6. The van der Waals surface area contributed by atoms with Crippen LogP contribution in [-0.2, 0) is 4.79 Å². The number of carboxylic acid groups (broad SMARTS) is 1. The molecule has 2 nitrogen and oxygen atoms in total. The van der Waals surface area contributed by atoms with E-state index in [1.165, 1.54) is 30.6 Å². The first-order valence-electron chi connectivity index (χ1n) is 6.71. The van der Waals surface area contributed by atoms with E-state index in [1.807, 2.05) is 0 Å². The number of thiophene rings is 1. The van der Waals surface area contributed by atoms with Gasteiger partial charge in [-0.15, -0.1) is 11.3 Å². The summed E-state index contributed by atoms with van der Waals surface area (Å²) in [6.07, 6.45) is 12.7. The molecule has 0 fully saturated rings. The highest BCUT2D eigenvalue weighted by Crippen LogP contribution is 2.12. The minimum Gasteiger partial charge on any atom is -0.481 e. The van der Waals surface area contributed by atoms with E-state index in [9.17, 15) is 4.79 Å². The average Bonchev–Trinajstić information content (AvgIpc) is 2.84. The van der Waals surface area contributed by atoms with Crippen LogP contribution in [0.4, 0.5) is 0 Å². The van der Waals surface area contributed by atoms with Crippen molar-refractivity contribution in [3.63, 3.8) is 0 Å². The molecule has 1 aromatic rings. The molecule has 0 saturated carbocycles. The molecule has 0 saturated heterocycles. The zero-order valence-electron chi connectivity index (χ0n) is 10.8. The fraction of sp³-hybridized carbons (Fsp3) is 0.533. The molecule has 3 heteroatoms. The Bertz CT molecular complexity index is 341. The van der Waals surface area contributed by atoms with Crippen molar-refractivity contribution in [1.29, 1.82) is 0 Å². The minimum atomic E-state index is -0.672. The SMILES string of the molecule is O=C(O)CCCCCCCCC=Cc1cccs1. The molecule has 0 unspecified atom stereocenters. The van der Waals surface area contributed by atoms with Crippen molar-refractivity contribution in [3.05, 3.63) is 28.5 Å². The second kappa shape index (κ2) is 9.89. The standard InChI is InChI=1S/C15H22O2S/c16-15(17)12-8-6-4-2-1-3-5-7-10-14-11-9-13-18-14/h7,9-11,13H,1-6,8,12H2,(H,16,17). The van der Waals surface area contributed by atoms with Crippen molar-refractivity contribution in [2.45, 2.75) is 51.4 Å². The van der Waals surface area contributed by atoms with E-state index in [1.54, 1.807) is 11.3 Å². The molecule has 1 heterocycles. The van der Waals surface area contributed by atoms with Crippen molar-refractivity contribution < 1.29 is 9.90 Å². The molecule has 0 aliphatic carbocycles. The highest BCUT2D eigenvalue weighted by Gasteiger charge is 1.96. The number of unbranched alkanes of at least 4 members (excludes halogenated alkanes) is 6. The summed E-state index contributed by atoms with van der Waals surface area (Å²) in [6, 6.07) is 4.20. The first-order chi connectivity index (χ1) is 8.79. The van der Waals surface area contributed by atoms with Crippen LogP contribution < -0.4 is 0 Å². The first-order valence-corrected chi connectivity index (χ1v) is 7.59. The van der Waals surface area contributed by atoms with Crippen LogP contribution in [0, 0.1) is 0 Å². The third-order valence-electron chi connectivity index (χ3n) is 2.84. The molecule has 100 valence electrons. The molecule has 0 bridgehead atoms. The third kappa shape index (κ3) is 8.07. The van der Waals surface area contributed by atoms with Gasteiger partial charge in [-0.3, -0.25) is 4.79 Å². The molecule has 1 aromatic heterocycles. The van der Waals surface area contributed by atoms with Gasteiger partial charge in [0.15, 0.2) is 0 Å². The number of carboxylic acids is 1. The number of aliphatic carboxylic acids is 1. The second-order valence-electron chi connectivity index (χ2n) is 4.47. The maximum Gasteiger partial charge on any atom is 0.303 e. The lowest BCUT2D eigenvalue weighted by atomic mass is 10.1. The summed E-state index contributed by atoms with van der Waals surface area (Å²) in [4.78, 5) is 11.6. The fourth-order valence-electron chi connectivity index (χ4n) is 1.83. The molecular weight excluding hydrogens is 244 g/mol. The Morgan fingerprint density at radius 3 is 2.56 bits per heavy atom. The molecular formula is C15H22O2S. The smallest absolute Gasteiger partial charge is 0.303 e. The minimum absolute atomic E-state index is 0.323. The quantitative estimate of drug-likeness (QED) is 0.607. The number of hydrogen-bond acceptors (Lipinski definition) is 2. The summed E-state index contributed by atoms with van der Waals surface area (Å²) >= 11 is 1.77. The van der Waals surface area contributed by atoms with E-state index in [0.29, 0.717) is 6.42 Å². The van der Waals surface area contributed by atoms with Gasteiger partial charge in [0, 0.05) is 11.3 Å². The van der Waals surface area contributed by atoms with Gasteiger partial charge in [-0.2, -0.15) is 0 Å². The molecule has 0 radical (unpaired) electrons. The third-order valence-corrected chi connectivity index (χ3v) is 3.67. The molecule has 0 spiro atoms. The summed E-state index contributed by atoms with van der Waals surface area (Å²) in [6.45, 7) is 0. The Morgan fingerprint density at radius 2 is 1.89 bits per heavy atom. The normalized spacial score (nSPS) is 11.1. The van der Waals surface area contributed by atoms with E-state index in [2.05, 4.69) is 29.7 Å². The van der Waals surface area contributed by atoms with Crippen LogP contribution in [0.25, 0.3) is 6.08 Å². The number of rotatable bonds is 10. The summed E-state index contributed by atoms with van der Waals surface area (Å²) in [5.74, 6) is -0.672. The Hall–Kier alpha value is -1.09. The van der Waals surface area contributed by atoms with Crippen LogP contribution in [0.5, 0.6) is 0 Å². The monoisotopic (exact) mass is 266 g/mol. The molecule has 1 N–H and O–H groups in total. The molecule has 0 aliphatic heterocycles. The van der Waals surface area contributed by atoms with Gasteiger partial charge in [0.05, 0.1) is 0 Å². The number of hydrogen-bond donors (Lipinski definition) is 1. The second-order valence-corrected chi connectivity index (χ2v) is 5.45. The summed E-state index contributed by atoms with van der Waals surface area (Å²) in [5.41, 5.74) is 0. The van der Waals surface area contributed by atoms with Gasteiger partial charge in [0.2, 0.25) is 0 Å². The lowest BCUT2D eigenvalue weighted by Crippen LogP contribution is -1.93. The Balaban J connectivity index is 1.85. The Labute approximate surface area is 113 Å². The lowest BCUT2D eigenvalue weighted by molar-refractivity contribution is -0.137. The van der Waals surface area contributed by atoms with Crippen molar-refractivity contribution in [3.8, 4) is 0 Å². The zero-order chi connectivity index (χ0) is 13.1. The predicted molar refractivity (Wildman–Crippen MR) is 77.9 cm³/mol. The van der Waals surface area contributed by atoms with Gasteiger partial charge in [0.1, 0.15) is 0 Å². The Morgan fingerprint density at radius 1 is 1.17 bits per heavy atom. The molecule has 0 atom stereocenters. The molecule has 0 aliphatic rings. The highest BCUT2D eigenvalue weighted by atomic mass is 32.1. The van der Waals surface area contributed by atoms with Crippen LogP contribution in [0.3, 0.4) is 0 Å². The van der Waals surface area contributed by atoms with E-state index < -0.39 is 5.97 Å². The van der Waals surface area contributed by atoms with E-state index in [0.717, 1.165) is 19.3 Å². The highest BCUT2D eigenvalue weighted by molar-refractivity contribution is 7.10. The van der Waals surface area contributed by atoms with Gasteiger partial charge < -0.3 is 5.11 Å². The van der Waals surface area contributed by atoms with E-state index in [4.69, 9.17) is 5.11 Å². The van der Waals surface area contributed by atoms with Crippen LogP contribution >= 0.6 is 11.3 Å². The summed E-state index contributed by atoms with van der Waals surface area (Å²) in [7, 11) is 0. The predicted octanol–water partition coefficient (Wildman–Crippen LogP) is 4.97. The van der Waals surface area contributed by atoms with Gasteiger partial charge >= 0.3 is 5.97 Å². The molecule has 1 rings (SSSR count). The van der Waals surface area contributed by atoms with Gasteiger partial charge in [-0.1, -0.05) is 37.8 Å². The molecule has 0 amide bonds. The van der Waals surface area contributed by atoms with E-state index >= 15 is 0 Å². The van der Waals surface area contributed by atoms with Crippen molar-refractivity contribution in [2.75, 3.05) is 0 Å². The average molecular weight is 266 g/mol. The Kier molecular flexibility index (Phi) is 8.23.